The fraction of sp³-hybridized carbons (Fsp3) is 0.273. The van der Waals surface area contributed by atoms with Crippen LogP contribution < -0.4 is 0 Å². The van der Waals surface area contributed by atoms with Crippen LogP contribution in [0.1, 0.15) is 6.92 Å². The van der Waals surface area contributed by atoms with Gasteiger partial charge < -0.3 is 5.11 Å². The topological polar surface area (TPSA) is 55.1 Å². The Hall–Kier alpha value is -1.55. The zero-order valence-electron chi connectivity index (χ0n) is 8.72. The van der Waals surface area contributed by atoms with Crippen molar-refractivity contribution in [3.8, 4) is 0 Å². The number of hydrogen-bond donors (Lipinski definition) is 1. The molecule has 0 aliphatic rings. The first-order valence-corrected chi connectivity index (χ1v) is 5.30. The van der Waals surface area contributed by atoms with Crippen molar-refractivity contribution in [2.45, 2.75) is 13.5 Å². The van der Waals surface area contributed by atoms with E-state index < -0.39 is 11.9 Å². The molecule has 0 saturated carbocycles. The SMILES string of the molecule is CC(Cn1cc2cccc(Cl)c2n1)C(=O)O. The van der Waals surface area contributed by atoms with Gasteiger partial charge in [0.05, 0.1) is 17.5 Å². The standard InChI is InChI=1S/C11H11ClN2O2/c1-7(11(15)16)5-14-6-8-3-2-4-9(12)10(8)13-14/h2-4,6-7H,5H2,1H3,(H,15,16). The summed E-state index contributed by atoms with van der Waals surface area (Å²) in [6, 6.07) is 5.51. The average Bonchev–Trinajstić information content (AvgIpc) is 2.61. The zero-order valence-corrected chi connectivity index (χ0v) is 9.48. The number of hydrogen-bond acceptors (Lipinski definition) is 2. The third-order valence-corrected chi connectivity index (χ3v) is 2.72. The number of nitrogens with zero attached hydrogens (tertiary/aromatic N) is 2. The average molecular weight is 239 g/mol. The van der Waals surface area contributed by atoms with Crippen LogP contribution in [0, 0.1) is 5.92 Å². The second kappa shape index (κ2) is 4.14. The maximum atomic E-state index is 10.7. The lowest BCUT2D eigenvalue weighted by Crippen LogP contribution is -2.16. The van der Waals surface area contributed by atoms with Crippen LogP contribution in [0.3, 0.4) is 0 Å². The van der Waals surface area contributed by atoms with Crippen LogP contribution in [0.5, 0.6) is 0 Å². The van der Waals surface area contributed by atoms with E-state index in [1.807, 2.05) is 12.1 Å². The van der Waals surface area contributed by atoms with Crippen molar-refractivity contribution in [2.75, 3.05) is 0 Å². The van der Waals surface area contributed by atoms with Crippen LogP contribution >= 0.6 is 11.6 Å². The maximum absolute atomic E-state index is 10.7. The Morgan fingerprint density at radius 3 is 3.00 bits per heavy atom. The summed E-state index contributed by atoms with van der Waals surface area (Å²) in [6.45, 7) is 2.00. The summed E-state index contributed by atoms with van der Waals surface area (Å²) < 4.78 is 1.62. The highest BCUT2D eigenvalue weighted by Gasteiger charge is 2.13. The number of carboxylic acids is 1. The number of rotatable bonds is 3. The van der Waals surface area contributed by atoms with E-state index in [4.69, 9.17) is 16.7 Å². The van der Waals surface area contributed by atoms with Gasteiger partial charge in [-0.15, -0.1) is 0 Å². The lowest BCUT2D eigenvalue weighted by atomic mass is 10.2. The number of aliphatic carboxylic acids is 1. The van der Waals surface area contributed by atoms with Gasteiger partial charge in [0.25, 0.3) is 0 Å². The van der Waals surface area contributed by atoms with Gasteiger partial charge in [-0.3, -0.25) is 9.48 Å². The van der Waals surface area contributed by atoms with Gasteiger partial charge in [-0.05, 0) is 6.07 Å². The van der Waals surface area contributed by atoms with Crippen molar-refractivity contribution >= 4 is 28.5 Å². The Morgan fingerprint density at radius 2 is 2.38 bits per heavy atom. The van der Waals surface area contributed by atoms with Gasteiger partial charge >= 0.3 is 5.97 Å². The van der Waals surface area contributed by atoms with Gasteiger partial charge in [0.15, 0.2) is 0 Å². The summed E-state index contributed by atoms with van der Waals surface area (Å²) in [5.41, 5.74) is 0.710. The molecule has 1 N–H and O–H groups in total. The monoisotopic (exact) mass is 238 g/mol. The lowest BCUT2D eigenvalue weighted by molar-refractivity contribution is -0.141. The summed E-state index contributed by atoms with van der Waals surface area (Å²) in [4.78, 5) is 10.7. The van der Waals surface area contributed by atoms with Crippen LogP contribution in [-0.2, 0) is 11.3 Å². The molecule has 84 valence electrons. The maximum Gasteiger partial charge on any atom is 0.308 e. The molecule has 0 aliphatic carbocycles. The summed E-state index contributed by atoms with van der Waals surface area (Å²) in [5, 5.41) is 14.6. The highest BCUT2D eigenvalue weighted by molar-refractivity contribution is 6.35. The largest absolute Gasteiger partial charge is 0.481 e. The van der Waals surface area contributed by atoms with E-state index in [1.165, 1.54) is 0 Å². The number of halogens is 1. The molecule has 0 radical (unpaired) electrons. The van der Waals surface area contributed by atoms with Crippen LogP contribution in [0.2, 0.25) is 5.02 Å². The predicted octanol–water partition coefficient (Wildman–Crippen LogP) is 2.41. The molecule has 0 fully saturated rings. The minimum Gasteiger partial charge on any atom is -0.481 e. The van der Waals surface area contributed by atoms with E-state index in [2.05, 4.69) is 5.10 Å². The van der Waals surface area contributed by atoms with Crippen LogP contribution in [0.4, 0.5) is 0 Å². The minimum absolute atomic E-state index is 0.348. The number of carbonyl (C=O) groups is 1. The van der Waals surface area contributed by atoms with Crippen molar-refractivity contribution < 1.29 is 9.90 Å². The molecule has 0 amide bonds. The molecule has 0 spiro atoms. The van der Waals surface area contributed by atoms with E-state index in [0.717, 1.165) is 5.39 Å². The Kier molecular flexibility index (Phi) is 2.83. The first kappa shape index (κ1) is 11.0. The van der Waals surface area contributed by atoms with Crippen molar-refractivity contribution in [1.82, 2.24) is 9.78 Å². The number of benzene rings is 1. The number of fused-ring (bicyclic) bond motifs is 1. The molecule has 0 bridgehead atoms. The second-order valence-corrected chi connectivity index (χ2v) is 4.18. The van der Waals surface area contributed by atoms with Crippen molar-refractivity contribution in [3.63, 3.8) is 0 Å². The van der Waals surface area contributed by atoms with Crippen LogP contribution in [0.25, 0.3) is 10.9 Å². The van der Waals surface area contributed by atoms with Gasteiger partial charge in [0.2, 0.25) is 0 Å². The third kappa shape index (κ3) is 2.02. The molecule has 1 aromatic heterocycles. The van der Waals surface area contributed by atoms with Gasteiger partial charge in [0, 0.05) is 11.6 Å². The first-order valence-electron chi connectivity index (χ1n) is 4.92. The number of carboxylic acid groups (broad SMARTS) is 1. The van der Waals surface area contributed by atoms with Crippen molar-refractivity contribution in [2.24, 2.45) is 5.92 Å². The van der Waals surface area contributed by atoms with Crippen molar-refractivity contribution in [1.29, 1.82) is 0 Å². The highest BCUT2D eigenvalue weighted by atomic mass is 35.5. The van der Waals surface area contributed by atoms with E-state index in [9.17, 15) is 4.79 Å². The summed E-state index contributed by atoms with van der Waals surface area (Å²) in [5.74, 6) is -1.29. The molecule has 5 heteroatoms. The Labute approximate surface area is 97.4 Å². The minimum atomic E-state index is -0.828. The predicted molar refractivity (Wildman–Crippen MR) is 61.5 cm³/mol. The normalized spacial score (nSPS) is 12.9. The summed E-state index contributed by atoms with van der Waals surface area (Å²) >= 11 is 5.98. The fourth-order valence-corrected chi connectivity index (χ4v) is 1.73. The lowest BCUT2D eigenvalue weighted by Gasteiger charge is -2.04. The van der Waals surface area contributed by atoms with Gasteiger partial charge in [-0.1, -0.05) is 30.7 Å². The molecule has 4 nitrogen and oxygen atoms in total. The van der Waals surface area contributed by atoms with Crippen molar-refractivity contribution in [3.05, 3.63) is 29.4 Å². The molecule has 1 atom stereocenters. The quantitative estimate of drug-likeness (QED) is 0.894. The molecule has 1 heterocycles. The van der Waals surface area contributed by atoms with Gasteiger partial charge in [-0.25, -0.2) is 0 Å². The smallest absolute Gasteiger partial charge is 0.308 e. The second-order valence-electron chi connectivity index (χ2n) is 3.77. The van der Waals surface area contributed by atoms with E-state index >= 15 is 0 Å². The third-order valence-electron chi connectivity index (χ3n) is 2.42. The fourth-order valence-electron chi connectivity index (χ4n) is 1.51. The molecular formula is C11H11ClN2O2. The first-order chi connectivity index (χ1) is 7.58. The zero-order chi connectivity index (χ0) is 11.7. The molecule has 1 aromatic carbocycles. The molecule has 0 aliphatic heterocycles. The highest BCUT2D eigenvalue weighted by Crippen LogP contribution is 2.21. The Morgan fingerprint density at radius 1 is 1.62 bits per heavy atom. The molecule has 1 unspecified atom stereocenters. The molecule has 2 rings (SSSR count). The molecule has 16 heavy (non-hydrogen) atoms. The molecule has 2 aromatic rings. The van der Waals surface area contributed by atoms with E-state index in [1.54, 1.807) is 23.9 Å². The Balaban J connectivity index is 2.33. The van der Waals surface area contributed by atoms with E-state index in [0.29, 0.717) is 17.1 Å². The molecular weight excluding hydrogens is 228 g/mol. The molecule has 0 saturated heterocycles. The van der Waals surface area contributed by atoms with E-state index in [-0.39, 0.29) is 0 Å². The summed E-state index contributed by atoms with van der Waals surface area (Å²) in [6.07, 6.45) is 1.81. The Bertz CT molecular complexity index is 536. The number of aromatic nitrogens is 2. The van der Waals surface area contributed by atoms with Gasteiger partial charge in [-0.2, -0.15) is 5.10 Å². The van der Waals surface area contributed by atoms with Crippen LogP contribution in [0.15, 0.2) is 24.4 Å². The van der Waals surface area contributed by atoms with Gasteiger partial charge in [0.1, 0.15) is 5.52 Å². The van der Waals surface area contributed by atoms with Crippen LogP contribution in [-0.4, -0.2) is 20.9 Å². The summed E-state index contributed by atoms with van der Waals surface area (Å²) in [7, 11) is 0.